The highest BCUT2D eigenvalue weighted by Crippen LogP contribution is 2.23. The lowest BCUT2D eigenvalue weighted by Crippen LogP contribution is -3.13. The summed E-state index contributed by atoms with van der Waals surface area (Å²) in [6.45, 7) is 3.11. The molecule has 16 heavy (non-hydrogen) atoms. The standard InChI is InChI=1S/C13H24N2O/c14-12-7-3-2-6-11(12)13(16)10-15-8-4-1-5-9-15/h11-12H,1-10,14H2/p+1. The highest BCUT2D eigenvalue weighted by molar-refractivity contribution is 5.82. The Balaban J connectivity index is 1.81. The average Bonchev–Trinajstić information content (AvgIpc) is 2.31. The van der Waals surface area contributed by atoms with Crippen molar-refractivity contribution in [1.29, 1.82) is 0 Å². The first-order valence-corrected chi connectivity index (χ1v) is 6.89. The maximum absolute atomic E-state index is 12.2. The molecule has 2 aliphatic rings. The van der Waals surface area contributed by atoms with Crippen molar-refractivity contribution in [2.45, 2.75) is 51.0 Å². The van der Waals surface area contributed by atoms with Crippen molar-refractivity contribution in [1.82, 2.24) is 0 Å². The van der Waals surface area contributed by atoms with E-state index in [-0.39, 0.29) is 12.0 Å². The van der Waals surface area contributed by atoms with E-state index in [0.29, 0.717) is 5.78 Å². The minimum atomic E-state index is 0.144. The third-order valence-electron chi connectivity index (χ3n) is 4.22. The van der Waals surface area contributed by atoms with Gasteiger partial charge in [-0.1, -0.05) is 12.8 Å². The van der Waals surface area contributed by atoms with E-state index in [1.54, 1.807) is 0 Å². The molecule has 0 radical (unpaired) electrons. The van der Waals surface area contributed by atoms with Gasteiger partial charge < -0.3 is 10.6 Å². The molecule has 2 rings (SSSR count). The van der Waals surface area contributed by atoms with Gasteiger partial charge >= 0.3 is 0 Å². The Bertz CT molecular complexity index is 236. The van der Waals surface area contributed by atoms with Crippen LogP contribution < -0.4 is 10.6 Å². The van der Waals surface area contributed by atoms with Crippen molar-refractivity contribution < 1.29 is 9.69 Å². The second kappa shape index (κ2) is 5.78. The van der Waals surface area contributed by atoms with Crippen LogP contribution >= 0.6 is 0 Å². The first-order chi connectivity index (χ1) is 7.77. The third-order valence-corrected chi connectivity index (χ3v) is 4.22. The largest absolute Gasteiger partial charge is 0.329 e. The van der Waals surface area contributed by atoms with Crippen molar-refractivity contribution in [3.8, 4) is 0 Å². The number of hydrogen-bond donors (Lipinski definition) is 2. The van der Waals surface area contributed by atoms with E-state index in [1.807, 2.05) is 0 Å². The molecule has 1 saturated carbocycles. The summed E-state index contributed by atoms with van der Waals surface area (Å²) in [5.74, 6) is 0.604. The van der Waals surface area contributed by atoms with Gasteiger partial charge in [-0.15, -0.1) is 0 Å². The van der Waals surface area contributed by atoms with E-state index in [2.05, 4.69) is 0 Å². The molecule has 0 aromatic heterocycles. The maximum atomic E-state index is 12.2. The number of rotatable bonds is 3. The number of ketones is 1. The van der Waals surface area contributed by atoms with Gasteiger partial charge in [-0.2, -0.15) is 0 Å². The minimum Gasteiger partial charge on any atom is -0.329 e. The Kier molecular flexibility index (Phi) is 4.36. The van der Waals surface area contributed by atoms with E-state index in [0.717, 1.165) is 19.4 Å². The molecule has 3 N–H and O–H groups in total. The van der Waals surface area contributed by atoms with Gasteiger partial charge in [-0.25, -0.2) is 0 Å². The van der Waals surface area contributed by atoms with Crippen LogP contribution in [0.2, 0.25) is 0 Å². The Labute approximate surface area is 98.4 Å². The number of hydrogen-bond acceptors (Lipinski definition) is 2. The fraction of sp³-hybridized carbons (Fsp3) is 0.923. The molecule has 0 spiro atoms. The molecule has 2 atom stereocenters. The highest BCUT2D eigenvalue weighted by Gasteiger charge is 2.30. The van der Waals surface area contributed by atoms with Crippen molar-refractivity contribution in [2.24, 2.45) is 11.7 Å². The van der Waals surface area contributed by atoms with E-state index >= 15 is 0 Å². The van der Waals surface area contributed by atoms with Gasteiger partial charge in [0.1, 0.15) is 6.54 Å². The molecule has 1 saturated heterocycles. The van der Waals surface area contributed by atoms with Crippen LogP contribution in [-0.4, -0.2) is 31.5 Å². The third kappa shape index (κ3) is 3.05. The van der Waals surface area contributed by atoms with Crippen molar-refractivity contribution >= 4 is 5.78 Å². The van der Waals surface area contributed by atoms with Crippen molar-refractivity contribution in [3.05, 3.63) is 0 Å². The van der Waals surface area contributed by atoms with Gasteiger partial charge in [0.2, 0.25) is 0 Å². The first kappa shape index (κ1) is 12.1. The molecular formula is C13H25N2O+. The van der Waals surface area contributed by atoms with E-state index in [9.17, 15) is 4.79 Å². The Hall–Kier alpha value is -0.410. The summed E-state index contributed by atoms with van der Waals surface area (Å²) in [6, 6.07) is 0.144. The number of quaternary nitrogens is 1. The number of nitrogens with two attached hydrogens (primary N) is 1. The molecule has 1 aliphatic heterocycles. The van der Waals surface area contributed by atoms with E-state index < -0.39 is 0 Å². The Morgan fingerprint density at radius 2 is 1.75 bits per heavy atom. The molecule has 0 amide bonds. The molecule has 3 nitrogen and oxygen atoms in total. The predicted octanol–water partition coefficient (Wildman–Crippen LogP) is 0.142. The van der Waals surface area contributed by atoms with Gasteiger partial charge in [-0.05, 0) is 32.1 Å². The maximum Gasteiger partial charge on any atom is 0.191 e. The van der Waals surface area contributed by atoms with Gasteiger partial charge in [0.25, 0.3) is 0 Å². The monoisotopic (exact) mass is 225 g/mol. The van der Waals surface area contributed by atoms with Crippen LogP contribution in [0.15, 0.2) is 0 Å². The first-order valence-electron chi connectivity index (χ1n) is 6.89. The number of likely N-dealkylation sites (tertiary alicyclic amines) is 1. The predicted molar refractivity (Wildman–Crippen MR) is 64.4 cm³/mol. The topological polar surface area (TPSA) is 47.5 Å². The molecule has 3 heteroatoms. The summed E-state index contributed by atoms with van der Waals surface area (Å²) in [4.78, 5) is 13.7. The van der Waals surface area contributed by atoms with E-state index in [4.69, 9.17) is 5.73 Å². The smallest absolute Gasteiger partial charge is 0.191 e. The fourth-order valence-electron chi connectivity index (χ4n) is 3.17. The second-order valence-corrected chi connectivity index (χ2v) is 5.51. The number of carbonyl (C=O) groups is 1. The molecule has 0 bridgehead atoms. The molecule has 2 unspecified atom stereocenters. The fourth-order valence-corrected chi connectivity index (χ4v) is 3.17. The van der Waals surface area contributed by atoms with E-state index in [1.165, 1.54) is 50.1 Å². The second-order valence-electron chi connectivity index (χ2n) is 5.51. The highest BCUT2D eigenvalue weighted by atomic mass is 16.1. The molecule has 0 aromatic rings. The van der Waals surface area contributed by atoms with Gasteiger partial charge in [0.05, 0.1) is 13.1 Å². The number of Topliss-reactive ketones (excluding diaryl/α,β-unsaturated/α-hetero) is 1. The quantitative estimate of drug-likeness (QED) is 0.718. The molecule has 1 aliphatic carbocycles. The lowest BCUT2D eigenvalue weighted by atomic mass is 9.82. The summed E-state index contributed by atoms with van der Waals surface area (Å²) in [5, 5.41) is 0. The zero-order valence-electron chi connectivity index (χ0n) is 10.2. The van der Waals surface area contributed by atoms with Crippen molar-refractivity contribution in [3.63, 3.8) is 0 Å². The van der Waals surface area contributed by atoms with Gasteiger partial charge in [0.15, 0.2) is 5.78 Å². The zero-order valence-corrected chi connectivity index (χ0v) is 10.2. The lowest BCUT2D eigenvalue weighted by molar-refractivity contribution is -0.896. The lowest BCUT2D eigenvalue weighted by Gasteiger charge is -2.29. The summed E-state index contributed by atoms with van der Waals surface area (Å²) >= 11 is 0. The Morgan fingerprint density at radius 3 is 2.44 bits per heavy atom. The number of piperidine rings is 1. The molecular weight excluding hydrogens is 200 g/mol. The number of carbonyl (C=O) groups excluding carboxylic acids is 1. The van der Waals surface area contributed by atoms with Gasteiger partial charge in [0, 0.05) is 12.0 Å². The van der Waals surface area contributed by atoms with Crippen LogP contribution in [0.4, 0.5) is 0 Å². The zero-order chi connectivity index (χ0) is 11.4. The van der Waals surface area contributed by atoms with Crippen LogP contribution in [0.3, 0.4) is 0 Å². The summed E-state index contributed by atoms with van der Waals surface area (Å²) in [6.07, 6.45) is 8.42. The average molecular weight is 225 g/mol. The molecule has 0 aromatic carbocycles. The van der Waals surface area contributed by atoms with Crippen LogP contribution in [0.25, 0.3) is 0 Å². The molecule has 92 valence electrons. The normalized spacial score (nSPS) is 32.6. The minimum absolute atomic E-state index is 0.144. The molecule has 2 fully saturated rings. The van der Waals surface area contributed by atoms with Crippen LogP contribution in [0.5, 0.6) is 0 Å². The summed E-state index contributed by atoms with van der Waals surface area (Å²) in [5.41, 5.74) is 6.05. The van der Waals surface area contributed by atoms with Crippen LogP contribution in [0.1, 0.15) is 44.9 Å². The van der Waals surface area contributed by atoms with Crippen LogP contribution in [0, 0.1) is 5.92 Å². The summed E-state index contributed by atoms with van der Waals surface area (Å²) in [7, 11) is 0. The summed E-state index contributed by atoms with van der Waals surface area (Å²) < 4.78 is 0. The SMILES string of the molecule is NC1CCCCC1C(=O)C[NH+]1CCCCC1. The Morgan fingerprint density at radius 1 is 1.06 bits per heavy atom. The van der Waals surface area contributed by atoms with Crippen molar-refractivity contribution in [2.75, 3.05) is 19.6 Å². The van der Waals surface area contributed by atoms with Crippen LogP contribution in [-0.2, 0) is 4.79 Å². The number of nitrogens with one attached hydrogen (secondary N) is 1. The molecule has 1 heterocycles. The van der Waals surface area contributed by atoms with Gasteiger partial charge in [-0.3, -0.25) is 4.79 Å².